The second-order valence-electron chi connectivity index (χ2n) is 6.40. The first-order valence-electron chi connectivity index (χ1n) is 8.31. The lowest BCUT2D eigenvalue weighted by molar-refractivity contribution is 0.0993. The van der Waals surface area contributed by atoms with Crippen molar-refractivity contribution in [1.29, 1.82) is 0 Å². The summed E-state index contributed by atoms with van der Waals surface area (Å²) in [5.41, 5.74) is 5.87. The predicted octanol–water partition coefficient (Wildman–Crippen LogP) is 4.47. The number of aryl methyl sites for hydroxylation is 2. The van der Waals surface area contributed by atoms with E-state index in [1.165, 1.54) is 11.1 Å². The van der Waals surface area contributed by atoms with Gasteiger partial charge in [-0.2, -0.15) is 0 Å². The molecule has 1 aliphatic heterocycles. The van der Waals surface area contributed by atoms with E-state index in [4.69, 9.17) is 0 Å². The van der Waals surface area contributed by atoms with Crippen molar-refractivity contribution >= 4 is 17.3 Å². The third-order valence-electron chi connectivity index (χ3n) is 4.41. The van der Waals surface area contributed by atoms with Gasteiger partial charge in [0.2, 0.25) is 0 Å². The fraction of sp³-hybridized carbons (Fsp3) is 0.143. The average molecular weight is 329 g/mol. The number of pyridine rings is 1. The molecule has 2 heterocycles. The lowest BCUT2D eigenvalue weighted by atomic mass is 10.1. The topological polar surface area (TPSA) is 45.2 Å². The molecule has 3 aromatic rings. The van der Waals surface area contributed by atoms with Gasteiger partial charge in [-0.1, -0.05) is 24.3 Å². The quantitative estimate of drug-likeness (QED) is 0.771. The molecule has 2 aromatic carbocycles. The number of nitrogens with one attached hydrogen (secondary N) is 1. The van der Waals surface area contributed by atoms with Crippen molar-refractivity contribution in [3.05, 3.63) is 89.2 Å². The molecule has 4 rings (SSSR count). The molecule has 0 bridgehead atoms. The molecule has 4 heteroatoms. The third-order valence-corrected chi connectivity index (χ3v) is 4.41. The molecule has 1 aromatic heterocycles. The smallest absolute Gasteiger partial charge is 0.260 e. The number of nitrogens with zero attached hydrogens (tertiary/aromatic N) is 2. The Bertz CT molecular complexity index is 917. The van der Waals surface area contributed by atoms with Crippen LogP contribution in [0.4, 0.5) is 11.4 Å². The van der Waals surface area contributed by atoms with Crippen molar-refractivity contribution in [2.24, 2.45) is 0 Å². The molecule has 0 saturated heterocycles. The number of aromatic nitrogens is 1. The molecule has 1 aliphatic rings. The summed E-state index contributed by atoms with van der Waals surface area (Å²) in [5, 5.41) is 3.54. The van der Waals surface area contributed by atoms with Crippen molar-refractivity contribution in [1.82, 2.24) is 4.98 Å². The van der Waals surface area contributed by atoms with Crippen molar-refractivity contribution < 1.29 is 4.79 Å². The number of anilines is 2. The van der Waals surface area contributed by atoms with E-state index < -0.39 is 0 Å². The highest BCUT2D eigenvalue weighted by Crippen LogP contribution is 2.37. The lowest BCUT2D eigenvalue weighted by Crippen LogP contribution is -2.32. The zero-order valence-corrected chi connectivity index (χ0v) is 14.2. The molecule has 0 saturated carbocycles. The van der Waals surface area contributed by atoms with E-state index >= 15 is 0 Å². The zero-order chi connectivity index (χ0) is 17.4. The predicted molar refractivity (Wildman–Crippen MR) is 99.8 cm³/mol. The summed E-state index contributed by atoms with van der Waals surface area (Å²) in [6.45, 7) is 4.15. The van der Waals surface area contributed by atoms with Crippen LogP contribution in [0.15, 0.2) is 67.0 Å². The maximum Gasteiger partial charge on any atom is 0.260 e. The Kier molecular flexibility index (Phi) is 3.73. The highest BCUT2D eigenvalue weighted by molar-refractivity contribution is 6.11. The summed E-state index contributed by atoms with van der Waals surface area (Å²) in [4.78, 5) is 18.9. The summed E-state index contributed by atoms with van der Waals surface area (Å²) < 4.78 is 0. The van der Waals surface area contributed by atoms with Crippen LogP contribution in [0.25, 0.3) is 0 Å². The Morgan fingerprint density at radius 2 is 1.76 bits per heavy atom. The normalized spacial score (nSPS) is 16.0. The van der Waals surface area contributed by atoms with Gasteiger partial charge < -0.3 is 5.32 Å². The van der Waals surface area contributed by atoms with Crippen molar-refractivity contribution in [3.8, 4) is 0 Å². The molecule has 0 radical (unpaired) electrons. The molecule has 0 spiro atoms. The van der Waals surface area contributed by atoms with E-state index in [1.54, 1.807) is 17.3 Å². The maximum absolute atomic E-state index is 13.0. The fourth-order valence-corrected chi connectivity index (χ4v) is 3.44. The van der Waals surface area contributed by atoms with Crippen LogP contribution in [0.3, 0.4) is 0 Å². The van der Waals surface area contributed by atoms with E-state index in [9.17, 15) is 4.79 Å². The molecule has 1 N–H and O–H groups in total. The van der Waals surface area contributed by atoms with Crippen LogP contribution < -0.4 is 10.2 Å². The Labute approximate surface area is 147 Å². The van der Waals surface area contributed by atoms with Crippen LogP contribution in [-0.2, 0) is 0 Å². The molecule has 0 fully saturated rings. The standard InChI is InChI=1S/C21H19N3O/c1-14-10-15(2)12-16(11-14)23-20-18-7-3-4-8-19(18)21(25)24(20)17-6-5-9-22-13-17/h3-13,20,23H,1-2H3/t20-/m1/s1. The minimum absolute atomic E-state index is 0.00882. The van der Waals surface area contributed by atoms with Crippen molar-refractivity contribution in [2.45, 2.75) is 20.0 Å². The number of rotatable bonds is 3. The summed E-state index contributed by atoms with van der Waals surface area (Å²) in [5.74, 6) is -0.00882. The summed E-state index contributed by atoms with van der Waals surface area (Å²) in [6.07, 6.45) is 3.18. The first kappa shape index (κ1) is 15.4. The monoisotopic (exact) mass is 329 g/mol. The first-order chi connectivity index (χ1) is 12.1. The number of hydrogen-bond acceptors (Lipinski definition) is 3. The van der Waals surface area contributed by atoms with Gasteiger partial charge in [0, 0.05) is 23.0 Å². The van der Waals surface area contributed by atoms with E-state index in [0.717, 1.165) is 22.5 Å². The molecule has 4 nitrogen and oxygen atoms in total. The molecule has 124 valence electrons. The number of fused-ring (bicyclic) bond motifs is 1. The molecule has 0 aliphatic carbocycles. The summed E-state index contributed by atoms with van der Waals surface area (Å²) in [7, 11) is 0. The van der Waals surface area contributed by atoms with E-state index in [-0.39, 0.29) is 12.1 Å². The molecule has 25 heavy (non-hydrogen) atoms. The van der Waals surface area contributed by atoms with Gasteiger partial charge in [-0.25, -0.2) is 0 Å². The number of carbonyl (C=O) groups excluding carboxylic acids is 1. The van der Waals surface area contributed by atoms with Crippen LogP contribution in [0.2, 0.25) is 0 Å². The third kappa shape index (κ3) is 2.76. The highest BCUT2D eigenvalue weighted by Gasteiger charge is 2.37. The van der Waals surface area contributed by atoms with Crippen molar-refractivity contribution in [3.63, 3.8) is 0 Å². The fourth-order valence-electron chi connectivity index (χ4n) is 3.44. The summed E-state index contributed by atoms with van der Waals surface area (Å²) in [6, 6.07) is 17.8. The molecular weight excluding hydrogens is 310 g/mol. The zero-order valence-electron chi connectivity index (χ0n) is 14.2. The van der Waals surface area contributed by atoms with Gasteiger partial charge >= 0.3 is 0 Å². The minimum Gasteiger partial charge on any atom is -0.361 e. The van der Waals surface area contributed by atoms with E-state index in [2.05, 4.69) is 42.3 Å². The van der Waals surface area contributed by atoms with Gasteiger partial charge in [0.25, 0.3) is 5.91 Å². The van der Waals surface area contributed by atoms with Crippen LogP contribution in [0.5, 0.6) is 0 Å². The lowest BCUT2D eigenvalue weighted by Gasteiger charge is -2.27. The number of benzene rings is 2. The van der Waals surface area contributed by atoms with Gasteiger partial charge in [-0.3, -0.25) is 14.7 Å². The van der Waals surface area contributed by atoms with Crippen LogP contribution in [0, 0.1) is 13.8 Å². The second kappa shape index (κ2) is 6.06. The number of hydrogen-bond donors (Lipinski definition) is 1. The number of amides is 1. The SMILES string of the molecule is Cc1cc(C)cc(N[C@H]2c3ccccc3C(=O)N2c2cccnc2)c1. The Morgan fingerprint density at radius 1 is 1.00 bits per heavy atom. The molecule has 1 atom stereocenters. The van der Waals surface area contributed by atoms with Crippen LogP contribution in [-0.4, -0.2) is 10.9 Å². The van der Waals surface area contributed by atoms with Gasteiger partial charge in [0.05, 0.1) is 11.9 Å². The largest absolute Gasteiger partial charge is 0.361 e. The first-order valence-corrected chi connectivity index (χ1v) is 8.31. The minimum atomic E-state index is -0.255. The molecular formula is C21H19N3O. The number of carbonyl (C=O) groups is 1. The maximum atomic E-state index is 13.0. The van der Waals surface area contributed by atoms with Crippen LogP contribution >= 0.6 is 0 Å². The Morgan fingerprint density at radius 3 is 2.48 bits per heavy atom. The van der Waals surface area contributed by atoms with Crippen molar-refractivity contribution in [2.75, 3.05) is 10.2 Å². The second-order valence-corrected chi connectivity index (χ2v) is 6.40. The van der Waals surface area contributed by atoms with Gasteiger partial charge in [0.15, 0.2) is 0 Å². The van der Waals surface area contributed by atoms with Crippen LogP contribution in [0.1, 0.15) is 33.2 Å². The highest BCUT2D eigenvalue weighted by atomic mass is 16.2. The average Bonchev–Trinajstić information content (AvgIpc) is 2.87. The van der Waals surface area contributed by atoms with E-state index in [0.29, 0.717) is 0 Å². The van der Waals surface area contributed by atoms with Gasteiger partial charge in [-0.05, 0) is 55.3 Å². The molecule has 0 unspecified atom stereocenters. The Hall–Kier alpha value is -3.14. The van der Waals surface area contributed by atoms with E-state index in [1.807, 2.05) is 36.4 Å². The summed E-state index contributed by atoms with van der Waals surface area (Å²) >= 11 is 0. The van der Waals surface area contributed by atoms with Gasteiger partial charge in [0.1, 0.15) is 6.17 Å². The Balaban J connectivity index is 1.79. The molecule has 1 amide bonds. The van der Waals surface area contributed by atoms with Gasteiger partial charge in [-0.15, -0.1) is 0 Å².